The van der Waals surface area contributed by atoms with E-state index in [1.807, 2.05) is 26.8 Å². The van der Waals surface area contributed by atoms with Crippen LogP contribution in [0, 0.1) is 11.3 Å². The van der Waals surface area contributed by atoms with Gasteiger partial charge < -0.3 is 10.4 Å². The van der Waals surface area contributed by atoms with E-state index in [0.717, 1.165) is 48.9 Å². The Bertz CT molecular complexity index is 1170. The summed E-state index contributed by atoms with van der Waals surface area (Å²) in [6.45, 7) is 8.00. The number of fused-ring (bicyclic) bond motifs is 3. The second-order valence-corrected chi connectivity index (χ2v) is 10.9. The molecule has 0 aliphatic heterocycles. The number of hydrogen-bond donors (Lipinski definition) is 2. The number of carbonyl (C=O) groups excluding carboxylic acids is 1. The van der Waals surface area contributed by atoms with Crippen LogP contribution in [0.5, 0.6) is 0 Å². The van der Waals surface area contributed by atoms with Gasteiger partial charge in [-0.2, -0.15) is 13.2 Å². The third-order valence-corrected chi connectivity index (χ3v) is 8.33. The molecule has 2 aliphatic rings. The Morgan fingerprint density at radius 3 is 2.46 bits per heavy atom. The molecule has 188 valence electrons. The van der Waals surface area contributed by atoms with Crippen LogP contribution >= 0.6 is 0 Å². The largest absolute Gasteiger partial charge is 0.481 e. The molecule has 0 saturated heterocycles. The zero-order valence-corrected chi connectivity index (χ0v) is 20.6. The maximum atomic E-state index is 13.2. The van der Waals surface area contributed by atoms with Crippen LogP contribution in [0.15, 0.2) is 36.4 Å². The lowest BCUT2D eigenvalue weighted by molar-refractivity contribution is -0.157. The van der Waals surface area contributed by atoms with Crippen LogP contribution in [0.2, 0.25) is 0 Å². The number of rotatable bonds is 4. The van der Waals surface area contributed by atoms with Crippen LogP contribution in [0.25, 0.3) is 0 Å². The number of benzene rings is 2. The first-order valence-electron chi connectivity index (χ1n) is 12.2. The van der Waals surface area contributed by atoms with E-state index in [1.165, 1.54) is 17.7 Å². The van der Waals surface area contributed by atoms with E-state index in [2.05, 4.69) is 18.3 Å². The van der Waals surface area contributed by atoms with Gasteiger partial charge in [-0.1, -0.05) is 39.3 Å². The van der Waals surface area contributed by atoms with E-state index < -0.39 is 29.0 Å². The summed E-state index contributed by atoms with van der Waals surface area (Å²) in [5.74, 6) is -1.33. The van der Waals surface area contributed by atoms with Gasteiger partial charge in [-0.15, -0.1) is 0 Å². The van der Waals surface area contributed by atoms with E-state index in [4.69, 9.17) is 0 Å². The van der Waals surface area contributed by atoms with Crippen molar-refractivity contribution in [3.8, 4) is 0 Å². The molecule has 0 unspecified atom stereocenters. The highest BCUT2D eigenvalue weighted by molar-refractivity contribution is 6.05. The van der Waals surface area contributed by atoms with Crippen LogP contribution in [0.4, 0.5) is 18.9 Å². The van der Waals surface area contributed by atoms with Gasteiger partial charge in [0.25, 0.3) is 5.91 Å². The van der Waals surface area contributed by atoms with Crippen molar-refractivity contribution in [3.05, 3.63) is 64.2 Å². The molecular weight excluding hydrogens is 455 g/mol. The molecule has 2 aromatic carbocycles. The zero-order chi connectivity index (χ0) is 25.8. The van der Waals surface area contributed by atoms with Crippen molar-refractivity contribution in [3.63, 3.8) is 0 Å². The quantitative estimate of drug-likeness (QED) is 0.480. The van der Waals surface area contributed by atoms with Gasteiger partial charge in [0.2, 0.25) is 0 Å². The SMILES string of the molecule is CC(C)c1cc2c(cc1NC(=O)c1cccc(C(F)(F)F)c1)[C@@]1(C)CCC[C@@](C)(C(=O)O)[C@@H]1CC2. The summed E-state index contributed by atoms with van der Waals surface area (Å²) in [4.78, 5) is 25.3. The number of hydrogen-bond acceptors (Lipinski definition) is 2. The van der Waals surface area contributed by atoms with Gasteiger partial charge in [0.15, 0.2) is 0 Å². The lowest BCUT2D eigenvalue weighted by atomic mass is 9.49. The van der Waals surface area contributed by atoms with Crippen molar-refractivity contribution in [1.29, 1.82) is 0 Å². The first-order chi connectivity index (χ1) is 16.3. The van der Waals surface area contributed by atoms with E-state index in [0.29, 0.717) is 12.1 Å². The van der Waals surface area contributed by atoms with Gasteiger partial charge in [-0.05, 0) is 90.8 Å². The summed E-state index contributed by atoms with van der Waals surface area (Å²) < 4.78 is 39.5. The lowest BCUT2D eigenvalue weighted by Gasteiger charge is -2.53. The van der Waals surface area contributed by atoms with E-state index in [-0.39, 0.29) is 22.8 Å². The second kappa shape index (κ2) is 8.68. The number of aryl methyl sites for hydroxylation is 1. The first-order valence-corrected chi connectivity index (χ1v) is 12.2. The van der Waals surface area contributed by atoms with Crippen molar-refractivity contribution in [2.45, 2.75) is 77.3 Å². The molecule has 2 aliphatic carbocycles. The highest BCUT2D eigenvalue weighted by Gasteiger charge is 2.55. The molecule has 4 rings (SSSR count). The molecule has 2 N–H and O–H groups in total. The monoisotopic (exact) mass is 487 g/mol. The average Bonchev–Trinajstić information content (AvgIpc) is 2.78. The Balaban J connectivity index is 1.76. The first kappa shape index (κ1) is 25.3. The summed E-state index contributed by atoms with van der Waals surface area (Å²) in [5, 5.41) is 12.9. The summed E-state index contributed by atoms with van der Waals surface area (Å²) in [6.07, 6.45) is -0.684. The molecular formula is C28H32F3NO3. The van der Waals surface area contributed by atoms with Crippen molar-refractivity contribution in [1.82, 2.24) is 0 Å². The molecule has 1 amide bonds. The number of carboxylic acids is 1. The van der Waals surface area contributed by atoms with Gasteiger partial charge in [0.1, 0.15) is 0 Å². The minimum atomic E-state index is -4.54. The molecule has 1 saturated carbocycles. The van der Waals surface area contributed by atoms with Gasteiger partial charge in [0.05, 0.1) is 11.0 Å². The molecule has 4 nitrogen and oxygen atoms in total. The minimum absolute atomic E-state index is 0.0364. The van der Waals surface area contributed by atoms with E-state index in [1.54, 1.807) is 0 Å². The Morgan fingerprint density at radius 2 is 1.83 bits per heavy atom. The number of amides is 1. The molecule has 2 aromatic rings. The highest BCUT2D eigenvalue weighted by atomic mass is 19.4. The number of alkyl halides is 3. The predicted molar refractivity (Wildman–Crippen MR) is 129 cm³/mol. The van der Waals surface area contributed by atoms with Gasteiger partial charge in [-0.3, -0.25) is 9.59 Å². The van der Waals surface area contributed by atoms with Crippen LogP contribution in [-0.2, 0) is 22.8 Å². The number of anilines is 1. The predicted octanol–water partition coefficient (Wildman–Crippen LogP) is 7.18. The summed E-state index contributed by atoms with van der Waals surface area (Å²) in [7, 11) is 0. The lowest BCUT2D eigenvalue weighted by Crippen LogP contribution is -2.52. The number of nitrogens with one attached hydrogen (secondary N) is 1. The third kappa shape index (κ3) is 4.34. The van der Waals surface area contributed by atoms with Crippen molar-refractivity contribution in [2.75, 3.05) is 5.32 Å². The van der Waals surface area contributed by atoms with Crippen LogP contribution in [0.1, 0.15) is 91.9 Å². The molecule has 3 atom stereocenters. The third-order valence-electron chi connectivity index (χ3n) is 8.33. The molecule has 0 bridgehead atoms. The Hall–Kier alpha value is -2.83. The van der Waals surface area contributed by atoms with Gasteiger partial charge >= 0.3 is 12.1 Å². The number of carbonyl (C=O) groups is 2. The number of halogens is 3. The van der Waals surface area contributed by atoms with Crippen molar-refractivity contribution < 1.29 is 27.9 Å². The minimum Gasteiger partial charge on any atom is -0.481 e. The second-order valence-electron chi connectivity index (χ2n) is 10.9. The number of aliphatic carboxylic acids is 1. The highest BCUT2D eigenvalue weighted by Crippen LogP contribution is 2.58. The Morgan fingerprint density at radius 1 is 1.11 bits per heavy atom. The van der Waals surface area contributed by atoms with E-state index >= 15 is 0 Å². The smallest absolute Gasteiger partial charge is 0.416 e. The van der Waals surface area contributed by atoms with Crippen molar-refractivity contribution in [2.24, 2.45) is 11.3 Å². The maximum absolute atomic E-state index is 13.2. The normalized spacial score (nSPS) is 26.1. The van der Waals surface area contributed by atoms with Crippen molar-refractivity contribution >= 4 is 17.6 Å². The summed E-state index contributed by atoms with van der Waals surface area (Å²) >= 11 is 0. The Kier molecular flexibility index (Phi) is 6.27. The molecule has 35 heavy (non-hydrogen) atoms. The standard InChI is InChI=1S/C28H32F3NO3/c1-16(2)20-14-17-9-10-23-26(3,11-6-12-27(23,4)25(34)35)21(17)15-22(20)32-24(33)18-7-5-8-19(13-18)28(29,30)31/h5,7-8,13-16,23H,6,9-12H2,1-4H3,(H,32,33)(H,34,35)/t23-,26-,27-/m1/s1. The van der Waals surface area contributed by atoms with Crippen LogP contribution < -0.4 is 5.32 Å². The fourth-order valence-corrected chi connectivity index (χ4v) is 6.41. The van der Waals surface area contributed by atoms with Crippen LogP contribution in [-0.4, -0.2) is 17.0 Å². The Labute approximate surface area is 203 Å². The molecule has 0 heterocycles. The zero-order valence-electron chi connectivity index (χ0n) is 20.6. The van der Waals surface area contributed by atoms with Gasteiger partial charge in [-0.25, -0.2) is 0 Å². The average molecular weight is 488 g/mol. The fourth-order valence-electron chi connectivity index (χ4n) is 6.41. The molecule has 0 spiro atoms. The topological polar surface area (TPSA) is 66.4 Å². The fraction of sp³-hybridized carbons (Fsp3) is 0.500. The summed E-state index contributed by atoms with van der Waals surface area (Å²) in [5.41, 5.74) is 1.60. The molecule has 0 aromatic heterocycles. The van der Waals surface area contributed by atoms with Gasteiger partial charge in [0, 0.05) is 11.3 Å². The maximum Gasteiger partial charge on any atom is 0.416 e. The summed E-state index contributed by atoms with van der Waals surface area (Å²) in [6, 6.07) is 8.45. The van der Waals surface area contributed by atoms with E-state index in [9.17, 15) is 27.9 Å². The molecule has 7 heteroatoms. The molecule has 1 fully saturated rings. The number of carboxylic acid groups (broad SMARTS) is 1. The van der Waals surface area contributed by atoms with Crippen LogP contribution in [0.3, 0.4) is 0 Å². The molecule has 0 radical (unpaired) electrons.